The van der Waals surface area contributed by atoms with Gasteiger partial charge in [0.05, 0.1) is 0 Å². The topological polar surface area (TPSA) is 34.1 Å². The third-order valence-corrected chi connectivity index (χ3v) is 1.65. The fraction of sp³-hybridized carbons (Fsp3) is 0.714. The minimum absolute atomic E-state index is 0.0914. The number of ketones is 1. The van der Waals surface area contributed by atoms with Gasteiger partial charge in [0.1, 0.15) is 5.78 Å². The Kier molecular flexibility index (Phi) is 1.98. The third-order valence-electron chi connectivity index (χ3n) is 1.65. The number of carbonyl (C=O) groups excluding carboxylic acids is 2. The number of Topliss-reactive ketones (excluding diaryl/α,β-unsaturated/α-hetero) is 1. The van der Waals surface area contributed by atoms with E-state index in [0.717, 1.165) is 12.8 Å². The molecule has 1 rings (SSSR count). The van der Waals surface area contributed by atoms with Gasteiger partial charge in [0.25, 0.3) is 0 Å². The molecule has 1 aliphatic rings. The molecular formula is C7H9O2. The molecule has 9 heavy (non-hydrogen) atoms. The van der Waals surface area contributed by atoms with Gasteiger partial charge < -0.3 is 0 Å². The highest BCUT2D eigenvalue weighted by atomic mass is 16.1. The lowest BCUT2D eigenvalue weighted by Crippen LogP contribution is -2.15. The van der Waals surface area contributed by atoms with Crippen molar-refractivity contribution in [2.45, 2.75) is 25.7 Å². The summed E-state index contributed by atoms with van der Waals surface area (Å²) in [6, 6.07) is 0. The van der Waals surface area contributed by atoms with Crippen LogP contribution < -0.4 is 0 Å². The Bertz CT molecular complexity index is 129. The van der Waals surface area contributed by atoms with Crippen LogP contribution in [0.4, 0.5) is 0 Å². The van der Waals surface area contributed by atoms with Gasteiger partial charge in [-0.2, -0.15) is 0 Å². The van der Waals surface area contributed by atoms with Crippen molar-refractivity contribution in [3.05, 3.63) is 0 Å². The molecule has 0 heterocycles. The summed E-state index contributed by atoms with van der Waals surface area (Å²) in [5.74, 6) is 0.126. The van der Waals surface area contributed by atoms with E-state index in [2.05, 4.69) is 0 Å². The molecule has 1 aliphatic carbocycles. The van der Waals surface area contributed by atoms with Crippen molar-refractivity contribution in [3.8, 4) is 0 Å². The van der Waals surface area contributed by atoms with E-state index < -0.39 is 0 Å². The monoisotopic (exact) mass is 125 g/mol. The predicted molar refractivity (Wildman–Crippen MR) is 32.7 cm³/mol. The summed E-state index contributed by atoms with van der Waals surface area (Å²) in [6.45, 7) is 0. The molecule has 0 saturated heterocycles. The summed E-state index contributed by atoms with van der Waals surface area (Å²) in [5, 5.41) is 0. The maximum Gasteiger partial charge on any atom is 0.202 e. The second kappa shape index (κ2) is 2.76. The molecule has 0 aromatic carbocycles. The van der Waals surface area contributed by atoms with Crippen molar-refractivity contribution in [2.75, 3.05) is 0 Å². The van der Waals surface area contributed by atoms with E-state index in [9.17, 15) is 9.59 Å². The molecule has 0 amide bonds. The Hall–Kier alpha value is -0.660. The standard InChI is InChI=1S/C7H9O2/c8-5-6-2-1-3-7(9)4-6/h6H,1-4H2. The fourth-order valence-corrected chi connectivity index (χ4v) is 1.13. The maximum atomic E-state index is 10.7. The van der Waals surface area contributed by atoms with Crippen LogP contribution in [0, 0.1) is 5.92 Å². The van der Waals surface area contributed by atoms with Crippen molar-refractivity contribution in [1.82, 2.24) is 0 Å². The van der Waals surface area contributed by atoms with Crippen LogP contribution in [0.25, 0.3) is 0 Å². The highest BCUT2D eigenvalue weighted by Gasteiger charge is 2.18. The number of hydrogen-bond donors (Lipinski definition) is 0. The minimum Gasteiger partial charge on any atom is -0.300 e. The first kappa shape index (κ1) is 6.46. The molecule has 1 unspecified atom stereocenters. The molecular weight excluding hydrogens is 116 g/mol. The molecule has 1 fully saturated rings. The Balaban J connectivity index is 2.40. The Morgan fingerprint density at radius 1 is 1.56 bits per heavy atom. The number of carbonyl (C=O) groups is 1. The zero-order valence-corrected chi connectivity index (χ0v) is 5.22. The molecule has 0 spiro atoms. The minimum atomic E-state index is -0.0914. The van der Waals surface area contributed by atoms with Crippen LogP contribution in [0.1, 0.15) is 25.7 Å². The first-order chi connectivity index (χ1) is 4.33. The summed E-state index contributed by atoms with van der Waals surface area (Å²) in [7, 11) is 0. The molecule has 0 bridgehead atoms. The molecule has 1 radical (unpaired) electrons. The van der Waals surface area contributed by atoms with Crippen LogP contribution in [0.3, 0.4) is 0 Å². The van der Waals surface area contributed by atoms with E-state index in [4.69, 9.17) is 0 Å². The molecule has 0 aromatic heterocycles. The van der Waals surface area contributed by atoms with E-state index in [1.807, 2.05) is 6.29 Å². The Morgan fingerprint density at radius 3 is 2.78 bits per heavy atom. The van der Waals surface area contributed by atoms with Gasteiger partial charge in [-0.1, -0.05) is 0 Å². The lowest BCUT2D eigenvalue weighted by molar-refractivity contribution is -0.120. The van der Waals surface area contributed by atoms with Crippen molar-refractivity contribution < 1.29 is 9.59 Å². The van der Waals surface area contributed by atoms with E-state index >= 15 is 0 Å². The van der Waals surface area contributed by atoms with Gasteiger partial charge in [-0.15, -0.1) is 0 Å². The molecule has 0 N–H and O–H groups in total. The molecule has 0 aliphatic heterocycles. The van der Waals surface area contributed by atoms with Crippen molar-refractivity contribution >= 4 is 12.1 Å². The lowest BCUT2D eigenvalue weighted by atomic mass is 9.90. The highest BCUT2D eigenvalue weighted by molar-refractivity contribution is 5.82. The summed E-state index contributed by atoms with van der Waals surface area (Å²) >= 11 is 0. The van der Waals surface area contributed by atoms with Gasteiger partial charge in [-0.05, 0) is 12.8 Å². The number of rotatable bonds is 1. The van der Waals surface area contributed by atoms with Crippen LogP contribution in [0.15, 0.2) is 0 Å². The first-order valence-electron chi connectivity index (χ1n) is 3.22. The van der Waals surface area contributed by atoms with Crippen LogP contribution in [-0.4, -0.2) is 12.1 Å². The van der Waals surface area contributed by atoms with Crippen LogP contribution in [-0.2, 0) is 9.59 Å². The zero-order chi connectivity index (χ0) is 6.69. The normalized spacial score (nSPS) is 28.0. The van der Waals surface area contributed by atoms with Gasteiger partial charge >= 0.3 is 0 Å². The van der Waals surface area contributed by atoms with E-state index in [1.165, 1.54) is 0 Å². The predicted octanol–water partition coefficient (Wildman–Crippen LogP) is 0.855. The second-order valence-corrected chi connectivity index (χ2v) is 2.45. The van der Waals surface area contributed by atoms with Crippen LogP contribution in [0.2, 0.25) is 0 Å². The van der Waals surface area contributed by atoms with Gasteiger partial charge in [-0.25, -0.2) is 0 Å². The van der Waals surface area contributed by atoms with E-state index in [0.29, 0.717) is 12.8 Å². The molecule has 1 saturated carbocycles. The molecule has 49 valence electrons. The Labute approximate surface area is 54.2 Å². The maximum absolute atomic E-state index is 10.7. The average Bonchev–Trinajstić information content (AvgIpc) is 1.88. The molecule has 0 aromatic rings. The lowest BCUT2D eigenvalue weighted by Gasteiger charge is -2.12. The summed E-state index contributed by atoms with van der Waals surface area (Å²) in [4.78, 5) is 20.7. The van der Waals surface area contributed by atoms with Gasteiger partial charge in [-0.3, -0.25) is 9.59 Å². The second-order valence-electron chi connectivity index (χ2n) is 2.45. The molecule has 2 heteroatoms. The SMILES string of the molecule is O=[C]C1CCCC(=O)C1. The molecule has 2 nitrogen and oxygen atoms in total. The molecule has 1 atom stereocenters. The largest absolute Gasteiger partial charge is 0.300 e. The number of hydrogen-bond acceptors (Lipinski definition) is 2. The Morgan fingerprint density at radius 2 is 2.33 bits per heavy atom. The van der Waals surface area contributed by atoms with Crippen LogP contribution >= 0.6 is 0 Å². The zero-order valence-electron chi connectivity index (χ0n) is 5.22. The quantitative estimate of drug-likeness (QED) is 0.520. The first-order valence-corrected chi connectivity index (χ1v) is 3.22. The summed E-state index contributed by atoms with van der Waals surface area (Å²) in [5.41, 5.74) is 0. The highest BCUT2D eigenvalue weighted by Crippen LogP contribution is 2.18. The van der Waals surface area contributed by atoms with Crippen LogP contribution in [0.5, 0.6) is 0 Å². The van der Waals surface area contributed by atoms with Gasteiger partial charge in [0.2, 0.25) is 6.29 Å². The smallest absolute Gasteiger partial charge is 0.202 e. The van der Waals surface area contributed by atoms with E-state index in [-0.39, 0.29) is 11.7 Å². The summed E-state index contributed by atoms with van der Waals surface area (Å²) in [6.07, 6.45) is 4.69. The fourth-order valence-electron chi connectivity index (χ4n) is 1.13. The van der Waals surface area contributed by atoms with E-state index in [1.54, 1.807) is 0 Å². The van der Waals surface area contributed by atoms with Crippen molar-refractivity contribution in [2.24, 2.45) is 5.92 Å². The van der Waals surface area contributed by atoms with Gasteiger partial charge in [0, 0.05) is 18.8 Å². The van der Waals surface area contributed by atoms with Gasteiger partial charge in [0.15, 0.2) is 0 Å². The summed E-state index contributed by atoms with van der Waals surface area (Å²) < 4.78 is 0. The van der Waals surface area contributed by atoms with Crippen molar-refractivity contribution in [1.29, 1.82) is 0 Å². The third kappa shape index (κ3) is 1.63. The van der Waals surface area contributed by atoms with Crippen molar-refractivity contribution in [3.63, 3.8) is 0 Å². The average molecular weight is 125 g/mol.